The molecule has 0 N–H and O–H groups in total. The molecule has 1 fully saturated rings. The Morgan fingerprint density at radius 1 is 1.53 bits per heavy atom. The van der Waals surface area contributed by atoms with E-state index in [1.54, 1.807) is 11.1 Å². The Labute approximate surface area is 93.1 Å². The van der Waals surface area contributed by atoms with Crippen molar-refractivity contribution >= 4 is 5.91 Å². The topological polar surface area (TPSA) is 23.6 Å². The van der Waals surface area contributed by atoms with Gasteiger partial charge in [-0.25, -0.2) is 0 Å². The summed E-state index contributed by atoms with van der Waals surface area (Å²) >= 11 is 0. The second-order valence-corrected chi connectivity index (χ2v) is 3.70. The molecule has 1 heterocycles. The van der Waals surface area contributed by atoms with Crippen LogP contribution in [0.5, 0.6) is 0 Å². The molecule has 1 saturated heterocycles. The summed E-state index contributed by atoms with van der Waals surface area (Å²) < 4.78 is 0. The van der Waals surface area contributed by atoms with E-state index in [-0.39, 0.29) is 5.91 Å². The maximum absolute atomic E-state index is 10.7. The van der Waals surface area contributed by atoms with Crippen LogP contribution in [0.25, 0.3) is 0 Å². The molecule has 0 aliphatic carbocycles. The van der Waals surface area contributed by atoms with Crippen LogP contribution in [0.4, 0.5) is 0 Å². The van der Waals surface area contributed by atoms with E-state index in [1.165, 1.54) is 5.70 Å². The summed E-state index contributed by atoms with van der Waals surface area (Å²) in [4.78, 5) is 14.4. The van der Waals surface area contributed by atoms with E-state index in [0.717, 1.165) is 13.0 Å². The molecule has 0 unspecified atom stereocenters. The van der Waals surface area contributed by atoms with Crippen molar-refractivity contribution in [2.45, 2.75) is 26.7 Å². The minimum atomic E-state index is 0.208. The summed E-state index contributed by atoms with van der Waals surface area (Å²) in [5, 5.41) is 0. The van der Waals surface area contributed by atoms with E-state index >= 15 is 0 Å². The van der Waals surface area contributed by atoms with Gasteiger partial charge in [-0.2, -0.15) is 0 Å². The Bertz CT molecular complexity index is 244. The van der Waals surface area contributed by atoms with Crippen molar-refractivity contribution in [3.63, 3.8) is 0 Å². The second kappa shape index (κ2) is 7.10. The molecule has 0 radical (unpaired) electrons. The fourth-order valence-corrected chi connectivity index (χ4v) is 1.12. The molecule has 1 aliphatic rings. The molecule has 0 aromatic rings. The van der Waals surface area contributed by atoms with E-state index in [0.29, 0.717) is 6.42 Å². The number of carbonyl (C=O) groups excluding carboxylic acids is 1. The van der Waals surface area contributed by atoms with Crippen LogP contribution >= 0.6 is 0 Å². The zero-order chi connectivity index (χ0) is 11.8. The van der Waals surface area contributed by atoms with Gasteiger partial charge in [0, 0.05) is 32.8 Å². The van der Waals surface area contributed by atoms with E-state index in [9.17, 15) is 4.79 Å². The maximum atomic E-state index is 10.7. The second-order valence-electron chi connectivity index (χ2n) is 3.70. The molecule has 1 aliphatic heterocycles. The molecule has 0 atom stereocenters. The smallest absolute Gasteiger partial charge is 0.226 e. The number of rotatable bonds is 2. The Balaban J connectivity index is 0.000000265. The number of likely N-dealkylation sites (tertiary alicyclic amines) is 1. The van der Waals surface area contributed by atoms with Gasteiger partial charge in [0.25, 0.3) is 0 Å². The lowest BCUT2D eigenvalue weighted by atomic mass is 10.4. The summed E-state index contributed by atoms with van der Waals surface area (Å²) in [5.74, 6) is 0.208. The van der Waals surface area contributed by atoms with Gasteiger partial charge in [0.2, 0.25) is 5.91 Å². The molecule has 86 valence electrons. The normalized spacial score (nSPS) is 15.9. The molecule has 1 amide bonds. The van der Waals surface area contributed by atoms with Crippen LogP contribution in [0, 0.1) is 0 Å². The van der Waals surface area contributed by atoms with E-state index in [2.05, 4.69) is 24.5 Å². The lowest BCUT2D eigenvalue weighted by molar-refractivity contribution is -0.125. The van der Waals surface area contributed by atoms with Crippen LogP contribution in [0.3, 0.4) is 0 Å². The number of hydrogen-bond donors (Lipinski definition) is 0. The first-order valence-electron chi connectivity index (χ1n) is 5.25. The fourth-order valence-electron chi connectivity index (χ4n) is 1.12. The molecular formula is C12H22N2O. The first-order valence-corrected chi connectivity index (χ1v) is 5.25. The van der Waals surface area contributed by atoms with Gasteiger partial charge in [-0.15, -0.1) is 0 Å². The van der Waals surface area contributed by atoms with Gasteiger partial charge in [0.15, 0.2) is 0 Å². The summed E-state index contributed by atoms with van der Waals surface area (Å²) in [6.45, 7) is 8.48. The highest BCUT2D eigenvalue weighted by molar-refractivity contribution is 5.78. The third-order valence-electron chi connectivity index (χ3n) is 2.45. The molecule has 0 bridgehead atoms. The zero-order valence-corrected chi connectivity index (χ0v) is 10.3. The van der Waals surface area contributed by atoms with Crippen LogP contribution < -0.4 is 0 Å². The first kappa shape index (κ1) is 13.8. The van der Waals surface area contributed by atoms with Crippen LogP contribution in [0.1, 0.15) is 26.7 Å². The molecule has 3 heteroatoms. The molecule has 0 aromatic carbocycles. The number of allylic oxidation sites excluding steroid dienone is 2. The van der Waals surface area contributed by atoms with Crippen molar-refractivity contribution in [2.75, 3.05) is 20.6 Å². The SMILES string of the molecule is C=CN1CCCC1=O.CC=C(C)N(C)C. The van der Waals surface area contributed by atoms with Gasteiger partial charge in [-0.05, 0) is 26.5 Å². The van der Waals surface area contributed by atoms with Crippen LogP contribution in [-0.2, 0) is 4.79 Å². The van der Waals surface area contributed by atoms with Crippen molar-refractivity contribution in [1.29, 1.82) is 0 Å². The van der Waals surface area contributed by atoms with Gasteiger partial charge in [-0.3, -0.25) is 4.79 Å². The van der Waals surface area contributed by atoms with Gasteiger partial charge in [0.1, 0.15) is 0 Å². The van der Waals surface area contributed by atoms with Gasteiger partial charge in [0.05, 0.1) is 0 Å². The molecule has 15 heavy (non-hydrogen) atoms. The summed E-state index contributed by atoms with van der Waals surface area (Å²) in [6, 6.07) is 0. The summed E-state index contributed by atoms with van der Waals surface area (Å²) in [5.41, 5.74) is 1.31. The lowest BCUT2D eigenvalue weighted by Gasteiger charge is -2.10. The van der Waals surface area contributed by atoms with Gasteiger partial charge in [-0.1, -0.05) is 12.7 Å². The predicted molar refractivity (Wildman–Crippen MR) is 64.3 cm³/mol. The quantitative estimate of drug-likeness (QED) is 0.697. The molecule has 0 spiro atoms. The minimum absolute atomic E-state index is 0.208. The summed E-state index contributed by atoms with van der Waals surface area (Å²) in [6.07, 6.45) is 5.37. The third kappa shape index (κ3) is 5.25. The highest BCUT2D eigenvalue weighted by Gasteiger charge is 2.15. The Morgan fingerprint density at radius 2 is 2.13 bits per heavy atom. The van der Waals surface area contributed by atoms with Crippen molar-refractivity contribution in [1.82, 2.24) is 9.80 Å². The van der Waals surface area contributed by atoms with Gasteiger partial charge >= 0.3 is 0 Å². The molecule has 0 aromatic heterocycles. The minimum Gasteiger partial charge on any atom is -0.381 e. The maximum Gasteiger partial charge on any atom is 0.226 e. The monoisotopic (exact) mass is 210 g/mol. The highest BCUT2D eigenvalue weighted by Crippen LogP contribution is 2.08. The van der Waals surface area contributed by atoms with Crippen LogP contribution in [0.15, 0.2) is 24.6 Å². The van der Waals surface area contributed by atoms with Gasteiger partial charge < -0.3 is 9.80 Å². The molecule has 1 rings (SSSR count). The van der Waals surface area contributed by atoms with Crippen molar-refractivity contribution < 1.29 is 4.79 Å². The Morgan fingerprint density at radius 3 is 2.27 bits per heavy atom. The summed E-state index contributed by atoms with van der Waals surface area (Å²) in [7, 11) is 4.07. The number of amides is 1. The average Bonchev–Trinajstić information content (AvgIpc) is 2.63. The van der Waals surface area contributed by atoms with Crippen LogP contribution in [-0.4, -0.2) is 36.3 Å². The van der Waals surface area contributed by atoms with Crippen molar-refractivity contribution in [3.05, 3.63) is 24.6 Å². The zero-order valence-electron chi connectivity index (χ0n) is 10.3. The average molecular weight is 210 g/mol. The molecule has 3 nitrogen and oxygen atoms in total. The number of carbonyl (C=O) groups is 1. The van der Waals surface area contributed by atoms with E-state index in [1.807, 2.05) is 21.0 Å². The molecule has 0 saturated carbocycles. The standard InChI is InChI=1S/C6H9NO.C6H13N/c1-2-7-5-3-4-6(7)8;1-5-6(2)7(3)4/h2H,1,3-5H2;5H,1-4H3. The Hall–Kier alpha value is -1.25. The van der Waals surface area contributed by atoms with E-state index in [4.69, 9.17) is 0 Å². The lowest BCUT2D eigenvalue weighted by Crippen LogP contribution is -2.16. The molecular weight excluding hydrogens is 188 g/mol. The first-order chi connectivity index (χ1) is 7.02. The highest BCUT2D eigenvalue weighted by atomic mass is 16.2. The number of hydrogen-bond acceptors (Lipinski definition) is 2. The van der Waals surface area contributed by atoms with E-state index < -0.39 is 0 Å². The number of nitrogens with zero attached hydrogens (tertiary/aromatic N) is 2. The van der Waals surface area contributed by atoms with Crippen molar-refractivity contribution in [2.24, 2.45) is 0 Å². The fraction of sp³-hybridized carbons (Fsp3) is 0.583. The third-order valence-corrected chi connectivity index (χ3v) is 2.45. The van der Waals surface area contributed by atoms with Crippen LogP contribution in [0.2, 0.25) is 0 Å². The van der Waals surface area contributed by atoms with Crippen molar-refractivity contribution in [3.8, 4) is 0 Å². The predicted octanol–water partition coefficient (Wildman–Crippen LogP) is 2.22. The Kier molecular flexibility index (Phi) is 6.50. The largest absolute Gasteiger partial charge is 0.381 e.